The molecule has 1 aromatic carbocycles. The second kappa shape index (κ2) is 7.31. The number of nitrogens with one attached hydrogen (secondary N) is 1. The number of nitrogens with two attached hydrogens (primary N) is 1. The lowest BCUT2D eigenvalue weighted by Gasteiger charge is -2.05. The number of ether oxygens (including phenoxy) is 1. The summed E-state index contributed by atoms with van der Waals surface area (Å²) in [6, 6.07) is 8.56. The number of halogens is 2. The summed E-state index contributed by atoms with van der Waals surface area (Å²) in [5, 5.41) is 4.78. The van der Waals surface area contributed by atoms with Gasteiger partial charge in [0.05, 0.1) is 16.3 Å². The highest BCUT2D eigenvalue weighted by atomic mass is 35.5. The molecule has 1 aromatic heterocycles. The van der Waals surface area contributed by atoms with E-state index in [0.717, 1.165) is 0 Å². The van der Waals surface area contributed by atoms with E-state index in [1.165, 1.54) is 6.21 Å². The minimum absolute atomic E-state index is 0.0842. The van der Waals surface area contributed by atoms with Crippen LogP contribution in [-0.4, -0.2) is 11.3 Å². The SMILES string of the molecule is NC(=S)N/N=C/c1ccc(COc2ccc(Cl)c(Cl)c2)o1. The molecular weight excluding hydrogens is 333 g/mol. The molecule has 2 aromatic rings. The van der Waals surface area contributed by atoms with Crippen molar-refractivity contribution in [2.75, 3.05) is 0 Å². The first-order valence-electron chi connectivity index (χ1n) is 5.79. The van der Waals surface area contributed by atoms with E-state index in [9.17, 15) is 0 Å². The van der Waals surface area contributed by atoms with Crippen LogP contribution < -0.4 is 15.9 Å². The first-order chi connectivity index (χ1) is 10.0. The second-order valence-corrected chi connectivity index (χ2v) is 5.16. The van der Waals surface area contributed by atoms with Crippen LogP contribution in [0.2, 0.25) is 10.0 Å². The maximum Gasteiger partial charge on any atom is 0.184 e. The zero-order chi connectivity index (χ0) is 15.2. The Morgan fingerprint density at radius 2 is 2.14 bits per heavy atom. The molecule has 2 rings (SSSR count). The Bertz CT molecular complexity index is 673. The van der Waals surface area contributed by atoms with Crippen LogP contribution in [-0.2, 0) is 6.61 Å². The van der Waals surface area contributed by atoms with Gasteiger partial charge in [-0.1, -0.05) is 23.2 Å². The molecule has 5 nitrogen and oxygen atoms in total. The number of rotatable bonds is 5. The summed E-state index contributed by atoms with van der Waals surface area (Å²) in [6.07, 6.45) is 1.46. The second-order valence-electron chi connectivity index (χ2n) is 3.90. The van der Waals surface area contributed by atoms with Gasteiger partial charge in [-0.05, 0) is 36.5 Å². The van der Waals surface area contributed by atoms with E-state index < -0.39 is 0 Å². The average molecular weight is 344 g/mol. The molecule has 0 fully saturated rings. The molecule has 0 saturated carbocycles. The van der Waals surface area contributed by atoms with Gasteiger partial charge in [-0.3, -0.25) is 5.43 Å². The van der Waals surface area contributed by atoms with E-state index in [1.54, 1.807) is 30.3 Å². The Balaban J connectivity index is 1.91. The highest BCUT2D eigenvalue weighted by Crippen LogP contribution is 2.26. The maximum atomic E-state index is 5.90. The zero-order valence-electron chi connectivity index (χ0n) is 10.7. The Morgan fingerprint density at radius 1 is 1.33 bits per heavy atom. The molecule has 8 heteroatoms. The first-order valence-corrected chi connectivity index (χ1v) is 6.96. The molecule has 0 radical (unpaired) electrons. The Morgan fingerprint density at radius 3 is 2.86 bits per heavy atom. The summed E-state index contributed by atoms with van der Waals surface area (Å²) >= 11 is 16.3. The number of nitrogens with zero attached hydrogens (tertiary/aromatic N) is 1. The van der Waals surface area contributed by atoms with Gasteiger partial charge in [0, 0.05) is 6.07 Å². The predicted molar refractivity (Wildman–Crippen MR) is 87.0 cm³/mol. The van der Waals surface area contributed by atoms with E-state index in [0.29, 0.717) is 27.3 Å². The van der Waals surface area contributed by atoms with Gasteiger partial charge in [0.1, 0.15) is 23.9 Å². The summed E-state index contributed by atoms with van der Waals surface area (Å²) in [7, 11) is 0. The Labute approximate surface area is 136 Å². The summed E-state index contributed by atoms with van der Waals surface area (Å²) < 4.78 is 11.0. The van der Waals surface area contributed by atoms with Crippen LogP contribution in [0.5, 0.6) is 5.75 Å². The largest absolute Gasteiger partial charge is 0.486 e. The van der Waals surface area contributed by atoms with E-state index in [-0.39, 0.29) is 11.7 Å². The maximum absolute atomic E-state index is 5.90. The summed E-state index contributed by atoms with van der Waals surface area (Å²) in [6.45, 7) is 0.258. The molecule has 1 heterocycles. The summed E-state index contributed by atoms with van der Waals surface area (Å²) in [5.74, 6) is 1.79. The minimum Gasteiger partial charge on any atom is -0.486 e. The fourth-order valence-corrected chi connectivity index (χ4v) is 1.76. The quantitative estimate of drug-likeness (QED) is 0.494. The first kappa shape index (κ1) is 15.6. The number of hydrogen-bond acceptors (Lipinski definition) is 4. The van der Waals surface area contributed by atoms with Gasteiger partial charge < -0.3 is 14.9 Å². The van der Waals surface area contributed by atoms with E-state index >= 15 is 0 Å². The highest BCUT2D eigenvalue weighted by molar-refractivity contribution is 7.80. The lowest BCUT2D eigenvalue weighted by molar-refractivity contribution is 0.270. The normalized spacial score (nSPS) is 10.8. The molecule has 0 bridgehead atoms. The molecule has 0 aliphatic heterocycles. The van der Waals surface area contributed by atoms with Gasteiger partial charge in [0.25, 0.3) is 0 Å². The zero-order valence-corrected chi connectivity index (χ0v) is 13.0. The number of thiocarbonyl (C=S) groups is 1. The van der Waals surface area contributed by atoms with Crippen molar-refractivity contribution in [2.24, 2.45) is 10.8 Å². The number of furan rings is 1. The van der Waals surface area contributed by atoms with Gasteiger partial charge in [-0.25, -0.2) is 0 Å². The monoisotopic (exact) mass is 343 g/mol. The van der Waals surface area contributed by atoms with Gasteiger partial charge in [-0.15, -0.1) is 0 Å². The van der Waals surface area contributed by atoms with Crippen molar-refractivity contribution >= 4 is 46.7 Å². The minimum atomic E-state index is 0.0842. The van der Waals surface area contributed by atoms with Crippen molar-refractivity contribution in [2.45, 2.75) is 6.61 Å². The topological polar surface area (TPSA) is 72.8 Å². The van der Waals surface area contributed by atoms with Crippen LogP contribution in [0.4, 0.5) is 0 Å². The Hall–Kier alpha value is -1.76. The van der Waals surface area contributed by atoms with E-state index in [2.05, 4.69) is 22.7 Å². The van der Waals surface area contributed by atoms with Gasteiger partial charge in [-0.2, -0.15) is 5.10 Å². The van der Waals surface area contributed by atoms with Crippen molar-refractivity contribution in [3.05, 3.63) is 51.9 Å². The standard InChI is InChI=1S/C13H11Cl2N3O2S/c14-11-4-3-8(5-12(11)15)19-7-10-2-1-9(20-10)6-17-18-13(16)21/h1-6H,7H2,(H3,16,18,21)/b17-6+. The molecule has 0 atom stereocenters. The number of benzene rings is 1. The predicted octanol–water partition coefficient (Wildman–Crippen LogP) is 3.33. The molecule has 0 aliphatic rings. The van der Waals surface area contributed by atoms with Crippen LogP contribution >= 0.6 is 35.4 Å². The molecule has 0 spiro atoms. The van der Waals surface area contributed by atoms with Crippen molar-refractivity contribution < 1.29 is 9.15 Å². The Kier molecular flexibility index (Phi) is 5.44. The molecule has 3 N–H and O–H groups in total. The van der Waals surface area contributed by atoms with Crippen molar-refractivity contribution in [3.8, 4) is 5.75 Å². The molecule has 0 aliphatic carbocycles. The fraction of sp³-hybridized carbons (Fsp3) is 0.0769. The van der Waals surface area contributed by atoms with Crippen molar-refractivity contribution in [3.63, 3.8) is 0 Å². The third-order valence-electron chi connectivity index (χ3n) is 2.32. The lowest BCUT2D eigenvalue weighted by Crippen LogP contribution is -2.23. The van der Waals surface area contributed by atoms with Crippen LogP contribution in [0.3, 0.4) is 0 Å². The number of hydrogen-bond donors (Lipinski definition) is 2. The molecule has 0 saturated heterocycles. The third kappa shape index (κ3) is 4.93. The van der Waals surface area contributed by atoms with Crippen molar-refractivity contribution in [1.29, 1.82) is 0 Å². The molecule has 0 unspecified atom stereocenters. The molecule has 110 valence electrons. The van der Waals surface area contributed by atoms with Crippen LogP contribution in [0.1, 0.15) is 11.5 Å². The average Bonchev–Trinajstić information content (AvgIpc) is 2.88. The van der Waals surface area contributed by atoms with E-state index in [1.807, 2.05) is 0 Å². The fourth-order valence-electron chi connectivity index (χ4n) is 1.42. The van der Waals surface area contributed by atoms with Gasteiger partial charge in [0.2, 0.25) is 0 Å². The van der Waals surface area contributed by atoms with E-state index in [4.69, 9.17) is 38.1 Å². The third-order valence-corrected chi connectivity index (χ3v) is 3.15. The molecule has 0 amide bonds. The van der Waals surface area contributed by atoms with Crippen LogP contribution in [0, 0.1) is 0 Å². The highest BCUT2D eigenvalue weighted by Gasteiger charge is 2.04. The van der Waals surface area contributed by atoms with Crippen LogP contribution in [0.25, 0.3) is 0 Å². The summed E-state index contributed by atoms with van der Waals surface area (Å²) in [5.41, 5.74) is 7.67. The molecular formula is C13H11Cl2N3O2S. The molecule has 21 heavy (non-hydrogen) atoms. The lowest BCUT2D eigenvalue weighted by atomic mass is 10.3. The van der Waals surface area contributed by atoms with Crippen LogP contribution in [0.15, 0.2) is 39.9 Å². The van der Waals surface area contributed by atoms with Crippen molar-refractivity contribution in [1.82, 2.24) is 5.43 Å². The van der Waals surface area contributed by atoms with Gasteiger partial charge in [0.15, 0.2) is 5.11 Å². The summed E-state index contributed by atoms with van der Waals surface area (Å²) in [4.78, 5) is 0. The number of hydrazone groups is 1. The van der Waals surface area contributed by atoms with Gasteiger partial charge >= 0.3 is 0 Å². The smallest absolute Gasteiger partial charge is 0.184 e.